The van der Waals surface area contributed by atoms with E-state index in [0.717, 1.165) is 5.56 Å². The van der Waals surface area contributed by atoms with Gasteiger partial charge in [-0.3, -0.25) is 5.41 Å². The van der Waals surface area contributed by atoms with Crippen molar-refractivity contribution in [3.63, 3.8) is 0 Å². The van der Waals surface area contributed by atoms with Gasteiger partial charge in [-0.15, -0.1) is 0 Å². The van der Waals surface area contributed by atoms with Gasteiger partial charge in [0.2, 0.25) is 0 Å². The molecule has 1 radical (unpaired) electrons. The lowest BCUT2D eigenvalue weighted by Crippen LogP contribution is -2.09. The predicted octanol–water partition coefficient (Wildman–Crippen LogP) is 1.17. The van der Waals surface area contributed by atoms with Crippen LogP contribution in [0.25, 0.3) is 0 Å². The van der Waals surface area contributed by atoms with E-state index < -0.39 is 0 Å². The molecule has 0 saturated heterocycles. The van der Waals surface area contributed by atoms with Gasteiger partial charge in [-0.25, -0.2) is 0 Å². The molecular weight excluding hydrogens is 124 g/mol. The predicted molar refractivity (Wildman–Crippen MR) is 41.8 cm³/mol. The number of nitrogens with one attached hydrogen (secondary N) is 1. The summed E-state index contributed by atoms with van der Waals surface area (Å²) < 4.78 is 0. The first-order valence-corrected chi connectivity index (χ1v) is 3.03. The molecular formula is C8H9N2. The zero-order chi connectivity index (χ0) is 7.40. The monoisotopic (exact) mass is 133 g/mol. The Kier molecular flexibility index (Phi) is 2.05. The highest BCUT2D eigenvalue weighted by Gasteiger charge is 1.91. The highest BCUT2D eigenvalue weighted by molar-refractivity contribution is 5.89. The molecule has 1 aromatic carbocycles. The molecule has 10 heavy (non-hydrogen) atoms. The first-order chi connectivity index (χ1) is 4.79. The van der Waals surface area contributed by atoms with Crippen molar-refractivity contribution < 1.29 is 0 Å². The van der Waals surface area contributed by atoms with E-state index in [0.29, 0.717) is 0 Å². The third kappa shape index (κ3) is 1.90. The van der Waals surface area contributed by atoms with Gasteiger partial charge in [-0.1, -0.05) is 30.3 Å². The van der Waals surface area contributed by atoms with Crippen molar-refractivity contribution in [2.45, 2.75) is 0 Å². The molecule has 51 valence electrons. The molecule has 0 amide bonds. The Balaban J connectivity index is 2.67. The molecule has 0 aromatic heterocycles. The van der Waals surface area contributed by atoms with E-state index in [1.807, 2.05) is 30.3 Å². The van der Waals surface area contributed by atoms with Crippen LogP contribution in [0.5, 0.6) is 0 Å². The summed E-state index contributed by atoms with van der Waals surface area (Å²) in [5.74, 6) is 0.0891. The van der Waals surface area contributed by atoms with Crippen LogP contribution in [0, 0.1) is 11.8 Å². The van der Waals surface area contributed by atoms with Crippen molar-refractivity contribution >= 4 is 5.84 Å². The number of nitrogens with two attached hydrogens (primary N) is 1. The lowest BCUT2D eigenvalue weighted by Gasteiger charge is -1.95. The smallest absolute Gasteiger partial charge is 0.0992 e. The van der Waals surface area contributed by atoms with Crippen LogP contribution in [-0.4, -0.2) is 5.84 Å². The molecule has 2 nitrogen and oxygen atoms in total. The summed E-state index contributed by atoms with van der Waals surface area (Å²) in [5.41, 5.74) is 6.12. The second-order valence-electron chi connectivity index (χ2n) is 2.01. The molecule has 0 bridgehead atoms. The van der Waals surface area contributed by atoms with Crippen molar-refractivity contribution in [1.29, 1.82) is 5.41 Å². The fourth-order valence-electron chi connectivity index (χ4n) is 0.729. The summed E-state index contributed by atoms with van der Waals surface area (Å²) in [6.07, 6.45) is 1.61. The highest BCUT2D eigenvalue weighted by Crippen LogP contribution is 1.99. The van der Waals surface area contributed by atoms with E-state index in [4.69, 9.17) is 11.1 Å². The first-order valence-electron chi connectivity index (χ1n) is 3.03. The number of benzene rings is 1. The molecule has 3 N–H and O–H groups in total. The molecule has 0 aliphatic carbocycles. The number of hydrogen-bond donors (Lipinski definition) is 2. The zero-order valence-electron chi connectivity index (χ0n) is 5.54. The summed E-state index contributed by atoms with van der Waals surface area (Å²) >= 11 is 0. The average molecular weight is 133 g/mol. The molecule has 0 aliphatic rings. The molecule has 1 rings (SSSR count). The Labute approximate surface area is 60.2 Å². The fourth-order valence-corrected chi connectivity index (χ4v) is 0.729. The van der Waals surface area contributed by atoms with Crippen molar-refractivity contribution in [2.24, 2.45) is 5.73 Å². The minimum Gasteiger partial charge on any atom is -0.387 e. The topological polar surface area (TPSA) is 49.9 Å². The SMILES string of the molecule is N=C(N)[CH]c1ccccc1. The molecule has 0 fully saturated rings. The summed E-state index contributed by atoms with van der Waals surface area (Å²) in [7, 11) is 0. The second-order valence-corrected chi connectivity index (χ2v) is 2.01. The van der Waals surface area contributed by atoms with Crippen LogP contribution in [0.4, 0.5) is 0 Å². The highest BCUT2D eigenvalue weighted by atomic mass is 14.7. The number of amidine groups is 1. The summed E-state index contributed by atoms with van der Waals surface area (Å²) in [5, 5.41) is 6.95. The van der Waals surface area contributed by atoms with Gasteiger partial charge in [0, 0.05) is 0 Å². The van der Waals surface area contributed by atoms with E-state index in [1.54, 1.807) is 6.42 Å². The summed E-state index contributed by atoms with van der Waals surface area (Å²) in [4.78, 5) is 0. The Morgan fingerprint density at radius 2 is 1.90 bits per heavy atom. The molecule has 0 spiro atoms. The lowest BCUT2D eigenvalue weighted by molar-refractivity contribution is 1.41. The first kappa shape index (κ1) is 6.81. The van der Waals surface area contributed by atoms with E-state index in [1.165, 1.54) is 0 Å². The van der Waals surface area contributed by atoms with Gasteiger partial charge < -0.3 is 5.73 Å². The normalized spacial score (nSPS) is 9.20. The maximum atomic E-state index is 6.95. The third-order valence-corrected chi connectivity index (χ3v) is 1.12. The lowest BCUT2D eigenvalue weighted by atomic mass is 10.1. The average Bonchev–Trinajstić information content (AvgIpc) is 1.88. The largest absolute Gasteiger partial charge is 0.387 e. The maximum absolute atomic E-state index is 6.95. The molecule has 0 unspecified atom stereocenters. The minimum atomic E-state index is 0.0891. The van der Waals surface area contributed by atoms with Gasteiger partial charge in [-0.2, -0.15) is 0 Å². The molecule has 1 aromatic rings. The van der Waals surface area contributed by atoms with E-state index in [9.17, 15) is 0 Å². The van der Waals surface area contributed by atoms with Gasteiger partial charge in [-0.05, 0) is 5.56 Å². The van der Waals surface area contributed by atoms with Gasteiger partial charge in [0.15, 0.2) is 0 Å². The summed E-state index contributed by atoms with van der Waals surface area (Å²) in [6, 6.07) is 9.56. The Bertz CT molecular complexity index is 216. The standard InChI is InChI=1S/C8H9N2/c9-8(10)6-7-4-2-1-3-5-7/h1-6H,(H3,9,10). The fraction of sp³-hybridized carbons (Fsp3) is 0. The second kappa shape index (κ2) is 3.01. The molecule has 0 atom stereocenters. The van der Waals surface area contributed by atoms with Crippen LogP contribution < -0.4 is 5.73 Å². The molecule has 2 heteroatoms. The van der Waals surface area contributed by atoms with Crippen LogP contribution in [0.2, 0.25) is 0 Å². The molecule has 0 saturated carbocycles. The van der Waals surface area contributed by atoms with Gasteiger partial charge >= 0.3 is 0 Å². The zero-order valence-corrected chi connectivity index (χ0v) is 5.54. The van der Waals surface area contributed by atoms with Crippen LogP contribution in [0.1, 0.15) is 5.56 Å². The van der Waals surface area contributed by atoms with Crippen molar-refractivity contribution in [3.8, 4) is 0 Å². The quantitative estimate of drug-likeness (QED) is 0.462. The van der Waals surface area contributed by atoms with E-state index >= 15 is 0 Å². The molecule has 0 aliphatic heterocycles. The van der Waals surface area contributed by atoms with Crippen molar-refractivity contribution in [1.82, 2.24) is 0 Å². The van der Waals surface area contributed by atoms with Crippen LogP contribution >= 0.6 is 0 Å². The van der Waals surface area contributed by atoms with E-state index in [-0.39, 0.29) is 5.84 Å². The maximum Gasteiger partial charge on any atom is 0.0992 e. The van der Waals surface area contributed by atoms with Gasteiger partial charge in [0.25, 0.3) is 0 Å². The van der Waals surface area contributed by atoms with Gasteiger partial charge in [0.1, 0.15) is 0 Å². The Morgan fingerprint density at radius 3 is 2.40 bits per heavy atom. The molecule has 0 heterocycles. The third-order valence-electron chi connectivity index (χ3n) is 1.12. The van der Waals surface area contributed by atoms with Crippen LogP contribution in [0.3, 0.4) is 0 Å². The minimum absolute atomic E-state index is 0.0891. The number of rotatable bonds is 2. The number of hydrogen-bond acceptors (Lipinski definition) is 1. The van der Waals surface area contributed by atoms with Crippen LogP contribution in [-0.2, 0) is 0 Å². The summed E-state index contributed by atoms with van der Waals surface area (Å²) in [6.45, 7) is 0. The van der Waals surface area contributed by atoms with Crippen molar-refractivity contribution in [3.05, 3.63) is 42.3 Å². The Hall–Kier alpha value is -1.31. The van der Waals surface area contributed by atoms with Crippen LogP contribution in [0.15, 0.2) is 30.3 Å². The van der Waals surface area contributed by atoms with Gasteiger partial charge in [0.05, 0.1) is 12.3 Å². The Morgan fingerprint density at radius 1 is 1.30 bits per heavy atom. The van der Waals surface area contributed by atoms with E-state index in [2.05, 4.69) is 0 Å². The van der Waals surface area contributed by atoms with Crippen molar-refractivity contribution in [2.75, 3.05) is 0 Å².